The van der Waals surface area contributed by atoms with Gasteiger partial charge in [0.05, 0.1) is 12.1 Å². The summed E-state index contributed by atoms with van der Waals surface area (Å²) in [5.74, 6) is 0.941. The molecule has 1 atom stereocenters. The molecule has 1 unspecified atom stereocenters. The van der Waals surface area contributed by atoms with E-state index in [4.69, 9.17) is 4.52 Å². The third kappa shape index (κ3) is 3.73. The highest BCUT2D eigenvalue weighted by molar-refractivity contribution is 5.85. The van der Waals surface area contributed by atoms with Gasteiger partial charge in [0.25, 0.3) is 0 Å². The van der Waals surface area contributed by atoms with E-state index in [0.29, 0.717) is 12.5 Å². The molecule has 2 heterocycles. The first-order valence-electron chi connectivity index (χ1n) is 7.05. The smallest absolute Gasteiger partial charge is 0.227 e. The zero-order valence-electron chi connectivity index (χ0n) is 12.4. The molecule has 1 N–H and O–H groups in total. The van der Waals surface area contributed by atoms with Gasteiger partial charge in [-0.05, 0) is 33.2 Å². The first-order chi connectivity index (χ1) is 9.13. The van der Waals surface area contributed by atoms with Crippen molar-refractivity contribution in [3.63, 3.8) is 0 Å². The van der Waals surface area contributed by atoms with E-state index in [1.165, 1.54) is 0 Å². The largest absolute Gasteiger partial charge is 0.361 e. The van der Waals surface area contributed by atoms with Crippen LogP contribution in [0.5, 0.6) is 0 Å². The Labute approximate surface area is 126 Å². The monoisotopic (exact) mass is 301 g/mol. The first kappa shape index (κ1) is 17.0. The van der Waals surface area contributed by atoms with Crippen LogP contribution in [0.4, 0.5) is 0 Å². The van der Waals surface area contributed by atoms with Crippen LogP contribution in [0.2, 0.25) is 0 Å². The SMILES string of the molecule is CCCN(C(=O)Cc1c(C)noc1C)C1CCNC1.Cl. The highest BCUT2D eigenvalue weighted by Crippen LogP contribution is 2.17. The molecule has 2 rings (SSSR count). The van der Waals surface area contributed by atoms with Crippen molar-refractivity contribution in [2.45, 2.75) is 46.1 Å². The molecular formula is C14H24ClN3O2. The molecule has 20 heavy (non-hydrogen) atoms. The molecule has 0 saturated carbocycles. The molecule has 1 amide bonds. The summed E-state index contributed by atoms with van der Waals surface area (Å²) in [6.07, 6.45) is 2.44. The van der Waals surface area contributed by atoms with E-state index >= 15 is 0 Å². The Morgan fingerprint density at radius 1 is 1.50 bits per heavy atom. The summed E-state index contributed by atoms with van der Waals surface area (Å²) in [4.78, 5) is 14.5. The average Bonchev–Trinajstić information content (AvgIpc) is 3.01. The minimum Gasteiger partial charge on any atom is -0.361 e. The van der Waals surface area contributed by atoms with Gasteiger partial charge < -0.3 is 14.7 Å². The van der Waals surface area contributed by atoms with E-state index in [9.17, 15) is 4.79 Å². The van der Waals surface area contributed by atoms with Gasteiger partial charge in [0.2, 0.25) is 5.91 Å². The number of carbonyl (C=O) groups excluding carboxylic acids is 1. The second-order valence-electron chi connectivity index (χ2n) is 5.21. The van der Waals surface area contributed by atoms with E-state index < -0.39 is 0 Å². The van der Waals surface area contributed by atoms with E-state index in [0.717, 1.165) is 49.5 Å². The van der Waals surface area contributed by atoms with Gasteiger partial charge in [0.15, 0.2) is 0 Å². The molecule has 0 radical (unpaired) electrons. The number of nitrogens with one attached hydrogen (secondary N) is 1. The Balaban J connectivity index is 0.00000200. The fourth-order valence-corrected chi connectivity index (χ4v) is 2.66. The molecule has 114 valence electrons. The second-order valence-corrected chi connectivity index (χ2v) is 5.21. The number of carbonyl (C=O) groups is 1. The van der Waals surface area contributed by atoms with Crippen LogP contribution in [0.25, 0.3) is 0 Å². The standard InChI is InChI=1S/C14H23N3O2.ClH/c1-4-7-17(12-5-6-15-9-12)14(18)8-13-10(2)16-19-11(13)3;/h12,15H,4-9H2,1-3H3;1H. The maximum absolute atomic E-state index is 12.5. The number of amides is 1. The molecule has 1 aliphatic heterocycles. The molecule has 1 aromatic heterocycles. The van der Waals surface area contributed by atoms with Crippen molar-refractivity contribution >= 4 is 18.3 Å². The van der Waals surface area contributed by atoms with Crippen LogP contribution in [-0.2, 0) is 11.2 Å². The maximum atomic E-state index is 12.5. The van der Waals surface area contributed by atoms with Gasteiger partial charge in [-0.3, -0.25) is 4.79 Å². The predicted octanol–water partition coefficient (Wildman–Crippen LogP) is 1.86. The lowest BCUT2D eigenvalue weighted by Gasteiger charge is -2.28. The summed E-state index contributed by atoms with van der Waals surface area (Å²) in [5, 5.41) is 7.24. The van der Waals surface area contributed by atoms with Gasteiger partial charge in [-0.2, -0.15) is 0 Å². The van der Waals surface area contributed by atoms with Crippen molar-refractivity contribution in [2.24, 2.45) is 0 Å². The number of nitrogens with zero attached hydrogens (tertiary/aromatic N) is 2. The minimum atomic E-state index is 0. The number of aromatic nitrogens is 1. The van der Waals surface area contributed by atoms with E-state index in [1.54, 1.807) is 0 Å². The third-order valence-electron chi connectivity index (χ3n) is 3.77. The molecule has 0 spiro atoms. The summed E-state index contributed by atoms with van der Waals surface area (Å²) in [6, 6.07) is 0.341. The maximum Gasteiger partial charge on any atom is 0.227 e. The molecule has 1 aliphatic rings. The number of rotatable bonds is 5. The Kier molecular flexibility index (Phi) is 6.49. The summed E-state index contributed by atoms with van der Waals surface area (Å²) in [7, 11) is 0. The van der Waals surface area contributed by atoms with Crippen LogP contribution in [0, 0.1) is 13.8 Å². The van der Waals surface area contributed by atoms with Crippen LogP contribution in [-0.4, -0.2) is 41.6 Å². The van der Waals surface area contributed by atoms with Crippen molar-refractivity contribution in [1.29, 1.82) is 0 Å². The van der Waals surface area contributed by atoms with Gasteiger partial charge in [-0.15, -0.1) is 12.4 Å². The van der Waals surface area contributed by atoms with E-state index in [-0.39, 0.29) is 18.3 Å². The third-order valence-corrected chi connectivity index (χ3v) is 3.77. The Bertz CT molecular complexity index is 422. The zero-order chi connectivity index (χ0) is 13.8. The fourth-order valence-electron chi connectivity index (χ4n) is 2.66. The Morgan fingerprint density at radius 2 is 2.25 bits per heavy atom. The lowest BCUT2D eigenvalue weighted by molar-refractivity contribution is -0.132. The highest BCUT2D eigenvalue weighted by atomic mass is 35.5. The summed E-state index contributed by atoms with van der Waals surface area (Å²) in [5.41, 5.74) is 1.77. The molecular weight excluding hydrogens is 278 g/mol. The van der Waals surface area contributed by atoms with Crippen LogP contribution < -0.4 is 5.32 Å². The Hall–Kier alpha value is -1.07. The molecule has 0 aromatic carbocycles. The van der Waals surface area contributed by atoms with Crippen molar-refractivity contribution in [2.75, 3.05) is 19.6 Å². The minimum absolute atomic E-state index is 0. The van der Waals surface area contributed by atoms with E-state index in [2.05, 4.69) is 17.4 Å². The number of hydrogen-bond donors (Lipinski definition) is 1. The lowest BCUT2D eigenvalue weighted by atomic mass is 10.1. The average molecular weight is 302 g/mol. The van der Waals surface area contributed by atoms with Crippen molar-refractivity contribution in [3.05, 3.63) is 17.0 Å². The molecule has 1 saturated heterocycles. The number of hydrogen-bond acceptors (Lipinski definition) is 4. The quantitative estimate of drug-likeness (QED) is 0.902. The van der Waals surface area contributed by atoms with Gasteiger partial charge in [-0.25, -0.2) is 0 Å². The predicted molar refractivity (Wildman–Crippen MR) is 80.2 cm³/mol. The van der Waals surface area contributed by atoms with Crippen LogP contribution in [0.15, 0.2) is 4.52 Å². The van der Waals surface area contributed by atoms with Crippen molar-refractivity contribution in [3.8, 4) is 0 Å². The summed E-state index contributed by atoms with van der Waals surface area (Å²) in [6.45, 7) is 8.61. The first-order valence-corrected chi connectivity index (χ1v) is 7.05. The summed E-state index contributed by atoms with van der Waals surface area (Å²) >= 11 is 0. The van der Waals surface area contributed by atoms with Crippen LogP contribution in [0.1, 0.15) is 36.8 Å². The van der Waals surface area contributed by atoms with Crippen LogP contribution >= 0.6 is 12.4 Å². The van der Waals surface area contributed by atoms with Crippen molar-refractivity contribution < 1.29 is 9.32 Å². The van der Waals surface area contributed by atoms with E-state index in [1.807, 2.05) is 18.7 Å². The molecule has 1 aromatic rings. The molecule has 0 aliphatic carbocycles. The Morgan fingerprint density at radius 3 is 2.75 bits per heavy atom. The molecule has 1 fully saturated rings. The number of halogens is 1. The number of aryl methyl sites for hydroxylation is 2. The molecule has 5 nitrogen and oxygen atoms in total. The normalized spacial score (nSPS) is 17.9. The molecule has 6 heteroatoms. The van der Waals surface area contributed by atoms with Crippen LogP contribution in [0.3, 0.4) is 0 Å². The molecule has 0 bridgehead atoms. The fraction of sp³-hybridized carbons (Fsp3) is 0.714. The van der Waals surface area contributed by atoms with Gasteiger partial charge in [0.1, 0.15) is 5.76 Å². The van der Waals surface area contributed by atoms with Gasteiger partial charge in [0, 0.05) is 24.7 Å². The van der Waals surface area contributed by atoms with Gasteiger partial charge in [-0.1, -0.05) is 12.1 Å². The zero-order valence-corrected chi connectivity index (χ0v) is 13.3. The van der Waals surface area contributed by atoms with Gasteiger partial charge >= 0.3 is 0 Å². The highest BCUT2D eigenvalue weighted by Gasteiger charge is 2.27. The summed E-state index contributed by atoms with van der Waals surface area (Å²) < 4.78 is 5.13. The lowest BCUT2D eigenvalue weighted by Crippen LogP contribution is -2.42. The topological polar surface area (TPSA) is 58.4 Å². The second kappa shape index (κ2) is 7.64. The van der Waals surface area contributed by atoms with Crippen molar-refractivity contribution in [1.82, 2.24) is 15.4 Å².